The Morgan fingerprint density at radius 2 is 1.62 bits per heavy atom. The summed E-state index contributed by atoms with van der Waals surface area (Å²) in [5.74, 6) is 1.05. The normalized spacial score (nSPS) is 23.8. The highest BCUT2D eigenvalue weighted by Gasteiger charge is 2.31. The maximum absolute atomic E-state index is 12.9. The third kappa shape index (κ3) is 3.23. The Morgan fingerprint density at radius 3 is 2.42 bits per heavy atom. The molecule has 0 N–H and O–H groups in total. The third-order valence-electron chi connectivity index (χ3n) is 6.06. The third-order valence-corrected chi connectivity index (χ3v) is 6.06. The van der Waals surface area contributed by atoms with Crippen LogP contribution >= 0.6 is 0 Å². The first-order valence-electron chi connectivity index (χ1n) is 9.83. The predicted molar refractivity (Wildman–Crippen MR) is 92.1 cm³/mol. The van der Waals surface area contributed by atoms with Crippen molar-refractivity contribution in [1.29, 1.82) is 0 Å². The van der Waals surface area contributed by atoms with Gasteiger partial charge in [-0.05, 0) is 58.0 Å². The molecule has 2 aliphatic heterocycles. The van der Waals surface area contributed by atoms with Crippen LogP contribution in [0.1, 0.15) is 73.2 Å². The zero-order valence-corrected chi connectivity index (χ0v) is 14.6. The second kappa shape index (κ2) is 7.26. The Bertz CT molecular complexity index is 569. The molecular formula is C19H29N3O2. The van der Waals surface area contributed by atoms with E-state index in [0.29, 0.717) is 11.7 Å². The summed E-state index contributed by atoms with van der Waals surface area (Å²) in [5.41, 5.74) is 1.69. The SMILES string of the molecule is O=C(c1noc2c1CCCCC2)N1CCC(N2CCCCC2)CC1. The molecule has 0 aromatic carbocycles. The van der Waals surface area contributed by atoms with Crippen molar-refractivity contribution < 1.29 is 9.32 Å². The smallest absolute Gasteiger partial charge is 0.276 e. The highest BCUT2D eigenvalue weighted by Crippen LogP contribution is 2.26. The van der Waals surface area contributed by atoms with Crippen LogP contribution in [0.25, 0.3) is 0 Å². The minimum Gasteiger partial charge on any atom is -0.360 e. The molecule has 2 saturated heterocycles. The van der Waals surface area contributed by atoms with Gasteiger partial charge in [0.1, 0.15) is 5.76 Å². The van der Waals surface area contributed by atoms with Crippen molar-refractivity contribution in [2.45, 2.75) is 70.3 Å². The number of hydrogen-bond donors (Lipinski definition) is 0. The number of piperidine rings is 2. The van der Waals surface area contributed by atoms with Crippen LogP contribution in [0.3, 0.4) is 0 Å². The summed E-state index contributed by atoms with van der Waals surface area (Å²) in [6.45, 7) is 4.22. The number of rotatable bonds is 2. The molecule has 1 aromatic heterocycles. The summed E-state index contributed by atoms with van der Waals surface area (Å²) in [6, 6.07) is 0.670. The molecule has 0 saturated carbocycles. The molecule has 132 valence electrons. The molecule has 3 aliphatic rings. The quantitative estimate of drug-likeness (QED) is 0.782. The van der Waals surface area contributed by atoms with Gasteiger partial charge in [-0.25, -0.2) is 0 Å². The minimum absolute atomic E-state index is 0.0963. The maximum Gasteiger partial charge on any atom is 0.276 e. The molecule has 0 spiro atoms. The van der Waals surface area contributed by atoms with Crippen molar-refractivity contribution in [1.82, 2.24) is 15.0 Å². The van der Waals surface area contributed by atoms with Gasteiger partial charge in [0, 0.05) is 31.1 Å². The molecule has 5 nitrogen and oxygen atoms in total. The van der Waals surface area contributed by atoms with Crippen molar-refractivity contribution >= 4 is 5.91 Å². The number of carbonyl (C=O) groups excluding carboxylic acids is 1. The highest BCUT2D eigenvalue weighted by molar-refractivity contribution is 5.94. The van der Waals surface area contributed by atoms with Gasteiger partial charge in [0.2, 0.25) is 0 Å². The van der Waals surface area contributed by atoms with E-state index in [2.05, 4.69) is 10.1 Å². The van der Waals surface area contributed by atoms with E-state index in [1.807, 2.05) is 4.90 Å². The lowest BCUT2D eigenvalue weighted by molar-refractivity contribution is 0.0580. The van der Waals surface area contributed by atoms with Gasteiger partial charge in [-0.15, -0.1) is 0 Å². The van der Waals surface area contributed by atoms with Crippen LogP contribution in [0, 0.1) is 0 Å². The molecule has 2 fully saturated rings. The standard InChI is InChI=1S/C19H29N3O2/c23-19(18-16-7-3-1-4-8-17(16)24-20-18)22-13-9-15(10-14-22)21-11-5-2-6-12-21/h15H,1-14H2. The molecule has 0 unspecified atom stereocenters. The monoisotopic (exact) mass is 331 g/mol. The second-order valence-corrected chi connectivity index (χ2v) is 7.61. The van der Waals surface area contributed by atoms with Gasteiger partial charge < -0.3 is 14.3 Å². The zero-order valence-electron chi connectivity index (χ0n) is 14.6. The number of carbonyl (C=O) groups is 1. The van der Waals surface area contributed by atoms with Crippen LogP contribution in [0.15, 0.2) is 4.52 Å². The number of fused-ring (bicyclic) bond motifs is 1. The number of amides is 1. The summed E-state index contributed by atoms with van der Waals surface area (Å²) in [5, 5.41) is 4.15. The van der Waals surface area contributed by atoms with Gasteiger partial charge in [-0.3, -0.25) is 4.79 Å². The number of aromatic nitrogens is 1. The van der Waals surface area contributed by atoms with E-state index in [1.54, 1.807) is 0 Å². The zero-order chi connectivity index (χ0) is 16.4. The van der Waals surface area contributed by atoms with E-state index in [1.165, 1.54) is 38.8 Å². The van der Waals surface area contributed by atoms with E-state index >= 15 is 0 Å². The lowest BCUT2D eigenvalue weighted by Gasteiger charge is -2.40. The van der Waals surface area contributed by atoms with E-state index in [9.17, 15) is 4.79 Å². The van der Waals surface area contributed by atoms with Gasteiger partial charge in [-0.1, -0.05) is 18.0 Å². The first-order valence-corrected chi connectivity index (χ1v) is 9.83. The van der Waals surface area contributed by atoms with Gasteiger partial charge in [-0.2, -0.15) is 0 Å². The van der Waals surface area contributed by atoms with E-state index in [0.717, 1.165) is 62.9 Å². The molecule has 1 aliphatic carbocycles. The first kappa shape index (κ1) is 16.1. The van der Waals surface area contributed by atoms with Crippen molar-refractivity contribution in [3.8, 4) is 0 Å². The van der Waals surface area contributed by atoms with E-state index in [-0.39, 0.29) is 5.91 Å². The number of hydrogen-bond acceptors (Lipinski definition) is 4. The number of likely N-dealkylation sites (tertiary alicyclic amines) is 2. The van der Waals surface area contributed by atoms with Gasteiger partial charge in [0.15, 0.2) is 5.69 Å². The number of aryl methyl sites for hydroxylation is 1. The maximum atomic E-state index is 12.9. The molecule has 3 heterocycles. The van der Waals surface area contributed by atoms with Crippen molar-refractivity contribution in [3.05, 3.63) is 17.0 Å². The Labute approximate surface area is 144 Å². The Morgan fingerprint density at radius 1 is 0.917 bits per heavy atom. The fourth-order valence-corrected chi connectivity index (χ4v) is 4.60. The lowest BCUT2D eigenvalue weighted by Crippen LogP contribution is -2.48. The lowest BCUT2D eigenvalue weighted by atomic mass is 9.99. The first-order chi connectivity index (χ1) is 11.8. The average molecular weight is 331 g/mol. The largest absolute Gasteiger partial charge is 0.360 e. The second-order valence-electron chi connectivity index (χ2n) is 7.61. The molecular weight excluding hydrogens is 302 g/mol. The van der Waals surface area contributed by atoms with Crippen molar-refractivity contribution in [2.24, 2.45) is 0 Å². The van der Waals surface area contributed by atoms with E-state index in [4.69, 9.17) is 4.52 Å². The molecule has 24 heavy (non-hydrogen) atoms. The fourth-order valence-electron chi connectivity index (χ4n) is 4.60. The topological polar surface area (TPSA) is 49.6 Å². The Hall–Kier alpha value is -1.36. The summed E-state index contributed by atoms with van der Waals surface area (Å²) in [6.07, 6.45) is 11.7. The van der Waals surface area contributed by atoms with Gasteiger partial charge in [0.25, 0.3) is 5.91 Å². The molecule has 1 aromatic rings. The summed E-state index contributed by atoms with van der Waals surface area (Å²) >= 11 is 0. The fraction of sp³-hybridized carbons (Fsp3) is 0.789. The summed E-state index contributed by atoms with van der Waals surface area (Å²) in [4.78, 5) is 17.6. The molecule has 0 bridgehead atoms. The summed E-state index contributed by atoms with van der Waals surface area (Å²) < 4.78 is 5.49. The van der Waals surface area contributed by atoms with Gasteiger partial charge in [0.05, 0.1) is 0 Å². The molecule has 1 amide bonds. The molecule has 4 rings (SSSR count). The molecule has 5 heteroatoms. The van der Waals surface area contributed by atoms with Crippen LogP contribution in [0.5, 0.6) is 0 Å². The van der Waals surface area contributed by atoms with Crippen LogP contribution in [-0.4, -0.2) is 53.1 Å². The van der Waals surface area contributed by atoms with Gasteiger partial charge >= 0.3 is 0 Å². The number of nitrogens with zero attached hydrogens (tertiary/aromatic N) is 3. The van der Waals surface area contributed by atoms with Crippen molar-refractivity contribution in [3.63, 3.8) is 0 Å². The van der Waals surface area contributed by atoms with Crippen LogP contribution in [0.4, 0.5) is 0 Å². The highest BCUT2D eigenvalue weighted by atomic mass is 16.5. The van der Waals surface area contributed by atoms with Crippen molar-refractivity contribution in [2.75, 3.05) is 26.2 Å². The van der Waals surface area contributed by atoms with Crippen LogP contribution in [-0.2, 0) is 12.8 Å². The predicted octanol–water partition coefficient (Wildman–Crippen LogP) is 3.03. The van der Waals surface area contributed by atoms with Crippen LogP contribution in [0.2, 0.25) is 0 Å². The van der Waals surface area contributed by atoms with Crippen LogP contribution < -0.4 is 0 Å². The summed E-state index contributed by atoms with van der Waals surface area (Å²) in [7, 11) is 0. The Balaban J connectivity index is 1.39. The minimum atomic E-state index is 0.0963. The Kier molecular flexibility index (Phi) is 4.88. The molecule has 0 atom stereocenters. The van der Waals surface area contributed by atoms with E-state index < -0.39 is 0 Å². The average Bonchev–Trinajstić information content (AvgIpc) is 2.90. The molecule has 0 radical (unpaired) electrons.